The minimum Gasteiger partial charge on any atom is -0.497 e. The van der Waals surface area contributed by atoms with Crippen molar-refractivity contribution >= 4 is 17.5 Å². The fourth-order valence-corrected chi connectivity index (χ4v) is 2.57. The quantitative estimate of drug-likeness (QED) is 0.718. The van der Waals surface area contributed by atoms with Crippen molar-refractivity contribution in [2.75, 3.05) is 32.6 Å². The van der Waals surface area contributed by atoms with Gasteiger partial charge >= 0.3 is 0 Å². The summed E-state index contributed by atoms with van der Waals surface area (Å²) < 4.78 is 31.4. The number of likely N-dealkylation sites (N-methyl/N-ethyl adjacent to an activating group) is 1. The molecule has 0 heterocycles. The van der Waals surface area contributed by atoms with Crippen LogP contribution in [0.2, 0.25) is 0 Å². The van der Waals surface area contributed by atoms with E-state index in [1.807, 2.05) is 0 Å². The van der Waals surface area contributed by atoms with Crippen LogP contribution in [0.3, 0.4) is 0 Å². The molecule has 0 aromatic heterocycles. The first-order valence-electron chi connectivity index (χ1n) is 8.76. The Hall–Kier alpha value is -3.00. The highest BCUT2D eigenvalue weighted by Gasteiger charge is 2.18. The molecular weight excluding hydrogens is 368 g/mol. The van der Waals surface area contributed by atoms with E-state index in [0.717, 1.165) is 12.1 Å². The summed E-state index contributed by atoms with van der Waals surface area (Å²) in [4.78, 5) is 25.7. The van der Waals surface area contributed by atoms with Gasteiger partial charge in [-0.3, -0.25) is 9.59 Å². The molecule has 2 rings (SSSR count). The van der Waals surface area contributed by atoms with Crippen LogP contribution < -0.4 is 15.4 Å². The average Bonchev–Trinajstić information content (AvgIpc) is 2.67. The van der Waals surface area contributed by atoms with Crippen molar-refractivity contribution in [1.82, 2.24) is 4.90 Å². The second-order valence-corrected chi connectivity index (χ2v) is 6.43. The maximum atomic E-state index is 13.3. The standard InChI is InChI=1S/C20H23F2N3O3/c1-13(14-7-8-17(21)18(22)9-14)23-11-20(27)25(2)12-19(26)24-15-5-4-6-16(10-15)28-3/h4-10,13,23H,11-12H2,1-3H3,(H,24,26)/p+1/t13-/m0/s1. The molecular formula is C20H24F2N3O3+. The molecule has 1 atom stereocenters. The van der Waals surface area contributed by atoms with Gasteiger partial charge in [0.15, 0.2) is 18.2 Å². The Balaban J connectivity index is 1.82. The van der Waals surface area contributed by atoms with Crippen LogP contribution >= 0.6 is 0 Å². The molecule has 0 aliphatic heterocycles. The van der Waals surface area contributed by atoms with Gasteiger partial charge in [-0.25, -0.2) is 8.78 Å². The van der Waals surface area contributed by atoms with Gasteiger partial charge < -0.3 is 20.3 Å². The number of anilines is 1. The third kappa shape index (κ3) is 6.02. The molecule has 28 heavy (non-hydrogen) atoms. The van der Waals surface area contributed by atoms with Gasteiger partial charge in [0.2, 0.25) is 5.91 Å². The predicted molar refractivity (Wildman–Crippen MR) is 101 cm³/mol. The number of ether oxygens (including phenoxy) is 1. The van der Waals surface area contributed by atoms with Gasteiger partial charge in [0.1, 0.15) is 11.8 Å². The fourth-order valence-electron chi connectivity index (χ4n) is 2.57. The van der Waals surface area contributed by atoms with Crippen molar-refractivity contribution in [3.8, 4) is 5.75 Å². The smallest absolute Gasteiger partial charge is 0.277 e. The summed E-state index contributed by atoms with van der Waals surface area (Å²) in [7, 11) is 3.06. The van der Waals surface area contributed by atoms with E-state index in [1.165, 1.54) is 25.1 Å². The zero-order valence-electron chi connectivity index (χ0n) is 16.0. The van der Waals surface area contributed by atoms with Crippen LogP contribution in [0.4, 0.5) is 14.5 Å². The molecule has 0 spiro atoms. The van der Waals surface area contributed by atoms with E-state index in [0.29, 0.717) is 17.0 Å². The summed E-state index contributed by atoms with van der Waals surface area (Å²) in [6.07, 6.45) is 0. The van der Waals surface area contributed by atoms with Crippen LogP contribution in [0.15, 0.2) is 42.5 Å². The van der Waals surface area contributed by atoms with Crippen molar-refractivity contribution in [2.24, 2.45) is 0 Å². The second kappa shape index (κ2) is 9.80. The fraction of sp³-hybridized carbons (Fsp3) is 0.300. The van der Waals surface area contributed by atoms with Crippen LogP contribution in [0.1, 0.15) is 18.5 Å². The lowest BCUT2D eigenvalue weighted by Crippen LogP contribution is -2.87. The molecule has 0 unspecified atom stereocenters. The van der Waals surface area contributed by atoms with Crippen LogP contribution in [-0.2, 0) is 9.59 Å². The van der Waals surface area contributed by atoms with Gasteiger partial charge in [-0.2, -0.15) is 0 Å². The number of amides is 2. The van der Waals surface area contributed by atoms with E-state index < -0.39 is 11.6 Å². The molecule has 0 radical (unpaired) electrons. The number of nitrogens with two attached hydrogens (primary N) is 1. The van der Waals surface area contributed by atoms with E-state index >= 15 is 0 Å². The van der Waals surface area contributed by atoms with E-state index in [4.69, 9.17) is 4.74 Å². The first-order chi connectivity index (χ1) is 13.3. The SMILES string of the molecule is COc1cccc(NC(=O)CN(C)C(=O)C[NH2+][C@@H](C)c2ccc(F)c(F)c2)c1. The Kier molecular flexibility index (Phi) is 7.45. The summed E-state index contributed by atoms with van der Waals surface area (Å²) in [6.45, 7) is 1.75. The predicted octanol–water partition coefficient (Wildman–Crippen LogP) is 1.69. The maximum absolute atomic E-state index is 13.3. The normalized spacial score (nSPS) is 11.6. The van der Waals surface area contributed by atoms with Crippen molar-refractivity contribution in [1.29, 1.82) is 0 Å². The van der Waals surface area contributed by atoms with Crippen molar-refractivity contribution < 1.29 is 28.4 Å². The first-order valence-corrected chi connectivity index (χ1v) is 8.76. The Morgan fingerprint density at radius 2 is 1.93 bits per heavy atom. The third-order valence-corrected chi connectivity index (χ3v) is 4.28. The summed E-state index contributed by atoms with van der Waals surface area (Å²) in [5, 5.41) is 4.40. The first kappa shape index (κ1) is 21.3. The van der Waals surface area contributed by atoms with Gasteiger partial charge in [0.05, 0.1) is 13.7 Å². The summed E-state index contributed by atoms with van der Waals surface area (Å²) in [5.41, 5.74) is 1.15. The molecule has 0 aliphatic rings. The molecule has 0 bridgehead atoms. The van der Waals surface area contributed by atoms with Crippen LogP contribution in [-0.4, -0.2) is 44.0 Å². The number of nitrogens with one attached hydrogen (secondary N) is 1. The largest absolute Gasteiger partial charge is 0.497 e. The van der Waals surface area contributed by atoms with Crippen molar-refractivity contribution in [2.45, 2.75) is 13.0 Å². The molecule has 2 aromatic carbocycles. The Morgan fingerprint density at radius 3 is 2.61 bits per heavy atom. The number of halogens is 2. The number of rotatable bonds is 8. The number of quaternary nitrogens is 1. The number of methoxy groups -OCH3 is 1. The number of benzene rings is 2. The van der Waals surface area contributed by atoms with Gasteiger partial charge in [-0.05, 0) is 37.3 Å². The molecule has 0 saturated carbocycles. The van der Waals surface area contributed by atoms with Crippen LogP contribution in [0.25, 0.3) is 0 Å². The van der Waals surface area contributed by atoms with E-state index in [2.05, 4.69) is 5.32 Å². The number of carbonyl (C=O) groups is 2. The lowest BCUT2D eigenvalue weighted by Gasteiger charge is -2.18. The Morgan fingerprint density at radius 1 is 1.18 bits per heavy atom. The van der Waals surface area contributed by atoms with E-state index in [1.54, 1.807) is 36.5 Å². The zero-order chi connectivity index (χ0) is 20.7. The molecule has 6 nitrogen and oxygen atoms in total. The molecule has 0 aliphatic carbocycles. The molecule has 0 fully saturated rings. The highest BCUT2D eigenvalue weighted by molar-refractivity contribution is 5.94. The zero-order valence-corrected chi connectivity index (χ0v) is 16.0. The molecule has 0 saturated heterocycles. The number of carbonyl (C=O) groups excluding carboxylic acids is 2. The number of hydrogen-bond donors (Lipinski definition) is 2. The van der Waals surface area contributed by atoms with Crippen LogP contribution in [0.5, 0.6) is 5.75 Å². The highest BCUT2D eigenvalue weighted by Crippen LogP contribution is 2.16. The molecule has 8 heteroatoms. The second-order valence-electron chi connectivity index (χ2n) is 6.43. The van der Waals surface area contributed by atoms with Crippen LogP contribution in [0, 0.1) is 11.6 Å². The number of nitrogens with zero attached hydrogens (tertiary/aromatic N) is 1. The monoisotopic (exact) mass is 392 g/mol. The lowest BCUT2D eigenvalue weighted by atomic mass is 10.1. The summed E-state index contributed by atoms with van der Waals surface area (Å²) in [5.74, 6) is -1.81. The molecule has 2 amide bonds. The highest BCUT2D eigenvalue weighted by atomic mass is 19.2. The van der Waals surface area contributed by atoms with Gasteiger partial charge in [0, 0.05) is 24.4 Å². The van der Waals surface area contributed by atoms with Gasteiger partial charge in [-0.1, -0.05) is 6.07 Å². The van der Waals surface area contributed by atoms with Gasteiger partial charge in [-0.15, -0.1) is 0 Å². The summed E-state index contributed by atoms with van der Waals surface area (Å²) in [6, 6.07) is 10.3. The van der Waals surface area contributed by atoms with Crippen molar-refractivity contribution in [3.63, 3.8) is 0 Å². The summed E-state index contributed by atoms with van der Waals surface area (Å²) >= 11 is 0. The minimum absolute atomic E-state index is 0.0725. The van der Waals surface area contributed by atoms with E-state index in [-0.39, 0.29) is 30.9 Å². The lowest BCUT2D eigenvalue weighted by molar-refractivity contribution is -0.683. The van der Waals surface area contributed by atoms with E-state index in [9.17, 15) is 18.4 Å². The Labute approximate surface area is 162 Å². The minimum atomic E-state index is -0.921. The topological polar surface area (TPSA) is 75.2 Å². The van der Waals surface area contributed by atoms with Gasteiger partial charge in [0.25, 0.3) is 5.91 Å². The molecule has 2 aromatic rings. The molecule has 3 N–H and O–H groups in total. The molecule has 150 valence electrons. The Bertz CT molecular complexity index is 845. The maximum Gasteiger partial charge on any atom is 0.277 e. The third-order valence-electron chi connectivity index (χ3n) is 4.28. The van der Waals surface area contributed by atoms with Crippen molar-refractivity contribution in [3.05, 3.63) is 59.7 Å². The number of hydrogen-bond acceptors (Lipinski definition) is 3. The average molecular weight is 392 g/mol.